The minimum atomic E-state index is 0.197. The third-order valence-corrected chi connectivity index (χ3v) is 6.42. The van der Waals surface area contributed by atoms with Crippen LogP contribution in [0.25, 0.3) is 0 Å². The van der Waals surface area contributed by atoms with E-state index in [0.29, 0.717) is 0 Å². The summed E-state index contributed by atoms with van der Waals surface area (Å²) in [7, 11) is 0. The molecule has 4 aromatic rings. The summed E-state index contributed by atoms with van der Waals surface area (Å²) in [5.41, 5.74) is 14.3. The van der Waals surface area contributed by atoms with Gasteiger partial charge in [0.05, 0.1) is 0 Å². The molecule has 0 bridgehead atoms. The highest BCUT2D eigenvalue weighted by atomic mass is 14.1. The fourth-order valence-electron chi connectivity index (χ4n) is 5.20. The van der Waals surface area contributed by atoms with Gasteiger partial charge in [-0.25, -0.2) is 0 Å². The number of aryl methyl sites for hydroxylation is 6. The lowest BCUT2D eigenvalue weighted by atomic mass is 9.34. The maximum atomic E-state index is 3.32. The van der Waals surface area contributed by atoms with Crippen LogP contribution in [0.4, 0.5) is 0 Å². The molecule has 4 rings (SSSR count). The fourth-order valence-corrected chi connectivity index (χ4v) is 5.20. The first-order valence-corrected chi connectivity index (χ1v) is 11.7. The van der Waals surface area contributed by atoms with E-state index in [-0.39, 0.29) is 6.71 Å². The maximum Gasteiger partial charge on any atom is 0.242 e. The zero-order valence-electron chi connectivity index (χ0n) is 20.6. The zero-order valence-corrected chi connectivity index (χ0v) is 20.6. The van der Waals surface area contributed by atoms with Gasteiger partial charge in [-0.05, 0) is 65.8 Å². The number of hydrogen-bond donors (Lipinski definition) is 0. The second-order valence-electron chi connectivity index (χ2n) is 9.30. The van der Waals surface area contributed by atoms with Gasteiger partial charge in [-0.3, -0.25) is 0 Å². The zero-order chi connectivity index (χ0) is 23.5. The van der Waals surface area contributed by atoms with Crippen molar-refractivity contribution in [1.82, 2.24) is 0 Å². The molecule has 4 aromatic carbocycles. The van der Waals surface area contributed by atoms with Crippen LogP contribution in [0.5, 0.6) is 0 Å². The van der Waals surface area contributed by atoms with Crippen molar-refractivity contribution in [3.8, 4) is 11.8 Å². The molecule has 1 heteroatoms. The maximum absolute atomic E-state index is 3.32. The molecule has 0 aliphatic carbocycles. The Morgan fingerprint density at radius 3 is 1.30 bits per heavy atom. The van der Waals surface area contributed by atoms with Crippen molar-refractivity contribution < 1.29 is 0 Å². The van der Waals surface area contributed by atoms with Crippen molar-refractivity contribution in [2.45, 2.75) is 41.5 Å². The summed E-state index contributed by atoms with van der Waals surface area (Å²) in [4.78, 5) is 0. The SMILES string of the molecule is Cc1cc(C)c(B(c2ccc(C#Cc3ccccc3)cc2)c2c(C)cc(C)cc2C)c(C)c1. The number of hydrogen-bond acceptors (Lipinski definition) is 0. The summed E-state index contributed by atoms with van der Waals surface area (Å²) in [6, 6.07) is 28.3. The average molecular weight is 426 g/mol. The first-order valence-electron chi connectivity index (χ1n) is 11.7. The molecule has 0 heterocycles. The van der Waals surface area contributed by atoms with E-state index in [1.54, 1.807) is 0 Å². The lowest BCUT2D eigenvalue weighted by Gasteiger charge is -2.24. The Labute approximate surface area is 199 Å². The Balaban J connectivity index is 1.84. The first kappa shape index (κ1) is 22.7. The normalized spacial score (nSPS) is 10.5. The van der Waals surface area contributed by atoms with Crippen molar-refractivity contribution in [2.75, 3.05) is 0 Å². The summed E-state index contributed by atoms with van der Waals surface area (Å²) >= 11 is 0. The Hall–Kier alpha value is -3.50. The Morgan fingerprint density at radius 2 is 0.879 bits per heavy atom. The molecular weight excluding hydrogens is 395 g/mol. The monoisotopic (exact) mass is 426 g/mol. The second kappa shape index (κ2) is 9.56. The largest absolute Gasteiger partial charge is 0.242 e. The molecule has 0 nitrogen and oxygen atoms in total. The molecule has 0 saturated heterocycles. The van der Waals surface area contributed by atoms with Gasteiger partial charge < -0.3 is 0 Å². The van der Waals surface area contributed by atoms with Crippen LogP contribution in [-0.2, 0) is 0 Å². The Bertz CT molecular complexity index is 1250. The summed E-state index contributed by atoms with van der Waals surface area (Å²) in [6.07, 6.45) is 0. The fraction of sp³-hybridized carbons (Fsp3) is 0.188. The van der Waals surface area contributed by atoms with Crippen LogP contribution in [0.3, 0.4) is 0 Å². The predicted molar refractivity (Wildman–Crippen MR) is 145 cm³/mol. The summed E-state index contributed by atoms with van der Waals surface area (Å²) in [5, 5.41) is 0. The molecule has 0 aliphatic rings. The molecule has 0 spiro atoms. The van der Waals surface area contributed by atoms with Crippen molar-refractivity contribution in [1.29, 1.82) is 0 Å². The third-order valence-electron chi connectivity index (χ3n) is 6.42. The van der Waals surface area contributed by atoms with Gasteiger partial charge in [0.25, 0.3) is 0 Å². The number of rotatable bonds is 3. The molecule has 0 saturated carbocycles. The van der Waals surface area contributed by atoms with E-state index in [9.17, 15) is 0 Å². The molecule has 0 aliphatic heterocycles. The van der Waals surface area contributed by atoms with Gasteiger partial charge in [0.15, 0.2) is 0 Å². The van der Waals surface area contributed by atoms with Crippen LogP contribution in [0.15, 0.2) is 78.9 Å². The molecule has 0 unspecified atom stereocenters. The van der Waals surface area contributed by atoms with Gasteiger partial charge in [0, 0.05) is 11.1 Å². The molecule has 0 fully saturated rings. The topological polar surface area (TPSA) is 0 Å². The molecule has 0 atom stereocenters. The molecule has 33 heavy (non-hydrogen) atoms. The Morgan fingerprint density at radius 1 is 0.485 bits per heavy atom. The second-order valence-corrected chi connectivity index (χ2v) is 9.30. The molecule has 0 amide bonds. The highest BCUT2D eigenvalue weighted by Crippen LogP contribution is 2.13. The highest BCUT2D eigenvalue weighted by Gasteiger charge is 2.28. The Kier molecular flexibility index (Phi) is 6.57. The summed E-state index contributed by atoms with van der Waals surface area (Å²) in [6.45, 7) is 13.6. The molecule has 0 radical (unpaired) electrons. The third kappa shape index (κ3) is 4.97. The minimum Gasteiger partial charge on any atom is -0.0685 e. The van der Waals surface area contributed by atoms with Crippen LogP contribution in [0.2, 0.25) is 0 Å². The van der Waals surface area contributed by atoms with Crippen LogP contribution in [0.1, 0.15) is 44.5 Å². The van der Waals surface area contributed by atoms with E-state index in [2.05, 4.69) is 102 Å². The highest BCUT2D eigenvalue weighted by molar-refractivity contribution is 6.96. The van der Waals surface area contributed by atoms with Crippen molar-refractivity contribution in [2.24, 2.45) is 0 Å². The quantitative estimate of drug-likeness (QED) is 0.302. The smallest absolute Gasteiger partial charge is 0.0685 e. The van der Waals surface area contributed by atoms with Gasteiger partial charge in [-0.2, -0.15) is 0 Å². The van der Waals surface area contributed by atoms with Gasteiger partial charge in [-0.15, -0.1) is 0 Å². The van der Waals surface area contributed by atoms with Crippen molar-refractivity contribution >= 4 is 23.1 Å². The van der Waals surface area contributed by atoms with Gasteiger partial charge in [0.2, 0.25) is 6.71 Å². The van der Waals surface area contributed by atoms with Crippen LogP contribution in [-0.4, -0.2) is 6.71 Å². The lowest BCUT2D eigenvalue weighted by Crippen LogP contribution is -2.55. The van der Waals surface area contributed by atoms with E-state index >= 15 is 0 Å². The van der Waals surface area contributed by atoms with Crippen molar-refractivity contribution in [3.63, 3.8) is 0 Å². The first-order chi connectivity index (χ1) is 15.8. The van der Waals surface area contributed by atoms with E-state index in [4.69, 9.17) is 0 Å². The van der Waals surface area contributed by atoms with Gasteiger partial charge in [0.1, 0.15) is 0 Å². The summed E-state index contributed by atoms with van der Waals surface area (Å²) < 4.78 is 0. The van der Waals surface area contributed by atoms with Crippen molar-refractivity contribution in [3.05, 3.63) is 123 Å². The average Bonchev–Trinajstić information content (AvgIpc) is 2.76. The van der Waals surface area contributed by atoms with E-state index in [1.807, 2.05) is 30.3 Å². The standard InChI is InChI=1S/C32H31B/c1-22-18-24(3)31(25(4)19-22)33(32-26(5)20-23(2)21-27(32)6)30-16-14-29(15-17-30)13-12-28-10-8-7-9-11-28/h7-11,14-21H,1-6H3. The van der Waals surface area contributed by atoms with E-state index < -0.39 is 0 Å². The van der Waals surface area contributed by atoms with Gasteiger partial charge >= 0.3 is 0 Å². The molecule has 0 aromatic heterocycles. The van der Waals surface area contributed by atoms with Gasteiger partial charge in [-0.1, -0.05) is 116 Å². The molecule has 0 N–H and O–H groups in total. The minimum absolute atomic E-state index is 0.197. The van der Waals surface area contributed by atoms with Crippen LogP contribution in [0, 0.1) is 53.4 Å². The molecular formula is C32H31B. The lowest BCUT2D eigenvalue weighted by molar-refractivity contribution is 1.34. The van der Waals surface area contributed by atoms with E-state index in [0.717, 1.165) is 11.1 Å². The van der Waals surface area contributed by atoms with E-state index in [1.165, 1.54) is 49.8 Å². The molecule has 162 valence electrons. The predicted octanol–water partition coefficient (Wildman–Crippen LogP) is 5.45. The van der Waals surface area contributed by atoms with Crippen LogP contribution < -0.4 is 16.4 Å². The summed E-state index contributed by atoms with van der Waals surface area (Å²) in [5.74, 6) is 6.59. The number of benzene rings is 4. The van der Waals surface area contributed by atoms with Crippen LogP contribution >= 0.6 is 0 Å².